The van der Waals surface area contributed by atoms with E-state index in [1.807, 2.05) is 52.0 Å². The van der Waals surface area contributed by atoms with Crippen LogP contribution in [0, 0.1) is 0 Å². The SMILES string of the molecule is CC.CC.CC(=O)Oc1ccc(C(C)(C)c2ccc(O)cc2)cc1.CCC. The van der Waals surface area contributed by atoms with Gasteiger partial charge in [0.1, 0.15) is 11.5 Å². The molecule has 0 saturated heterocycles. The predicted octanol–water partition coefficient (Wildman–Crippen LogP) is 7.11. The van der Waals surface area contributed by atoms with Gasteiger partial charge in [-0.2, -0.15) is 0 Å². The first kappa shape index (κ1) is 26.9. The molecule has 0 aliphatic rings. The topological polar surface area (TPSA) is 46.5 Å². The van der Waals surface area contributed by atoms with Crippen LogP contribution in [0.25, 0.3) is 0 Å². The van der Waals surface area contributed by atoms with E-state index in [1.165, 1.54) is 13.3 Å². The van der Waals surface area contributed by atoms with Crippen molar-refractivity contribution in [1.29, 1.82) is 0 Å². The highest BCUT2D eigenvalue weighted by molar-refractivity contribution is 5.69. The average Bonchev–Trinajstić information content (AvgIpc) is 2.66. The molecule has 0 bridgehead atoms. The zero-order chi connectivity index (χ0) is 21.5. The number of benzene rings is 2. The molecule has 0 fully saturated rings. The summed E-state index contributed by atoms with van der Waals surface area (Å²) in [5, 5.41) is 9.36. The summed E-state index contributed by atoms with van der Waals surface area (Å²) in [6.45, 7) is 17.9. The van der Waals surface area contributed by atoms with Crippen molar-refractivity contribution in [3.05, 3.63) is 59.7 Å². The monoisotopic (exact) mass is 374 g/mol. The van der Waals surface area contributed by atoms with E-state index in [0.717, 1.165) is 11.1 Å². The van der Waals surface area contributed by atoms with Crippen LogP contribution in [0.15, 0.2) is 48.5 Å². The fourth-order valence-electron chi connectivity index (χ4n) is 2.15. The van der Waals surface area contributed by atoms with Gasteiger partial charge in [0.15, 0.2) is 0 Å². The van der Waals surface area contributed by atoms with E-state index in [9.17, 15) is 9.90 Å². The van der Waals surface area contributed by atoms with Crippen molar-refractivity contribution in [1.82, 2.24) is 0 Å². The van der Waals surface area contributed by atoms with Gasteiger partial charge in [-0.05, 0) is 35.4 Å². The Bertz CT molecular complexity index is 611. The smallest absolute Gasteiger partial charge is 0.308 e. The van der Waals surface area contributed by atoms with Crippen molar-refractivity contribution < 1.29 is 14.6 Å². The summed E-state index contributed by atoms with van der Waals surface area (Å²) in [5.74, 6) is 0.480. The number of hydrogen-bond donors (Lipinski definition) is 1. The van der Waals surface area contributed by atoms with Crippen LogP contribution in [0.5, 0.6) is 11.5 Å². The van der Waals surface area contributed by atoms with Gasteiger partial charge in [0.05, 0.1) is 0 Å². The van der Waals surface area contributed by atoms with Crippen molar-refractivity contribution in [3.8, 4) is 11.5 Å². The summed E-state index contributed by atoms with van der Waals surface area (Å²) in [4.78, 5) is 10.9. The highest BCUT2D eigenvalue weighted by Crippen LogP contribution is 2.33. The molecule has 2 rings (SSSR count). The first-order valence-electron chi connectivity index (χ1n) is 9.89. The number of ether oxygens (including phenoxy) is 1. The lowest BCUT2D eigenvalue weighted by molar-refractivity contribution is -0.131. The molecule has 2 aromatic rings. The van der Waals surface area contributed by atoms with E-state index >= 15 is 0 Å². The minimum absolute atomic E-state index is 0.192. The summed E-state index contributed by atoms with van der Waals surface area (Å²) in [6, 6.07) is 14.7. The van der Waals surface area contributed by atoms with Crippen LogP contribution in [0.1, 0.15) is 79.9 Å². The Morgan fingerprint density at radius 3 is 1.52 bits per heavy atom. The van der Waals surface area contributed by atoms with Crippen molar-refractivity contribution in [2.24, 2.45) is 0 Å². The molecule has 0 aliphatic heterocycles. The van der Waals surface area contributed by atoms with Gasteiger partial charge in [-0.3, -0.25) is 4.79 Å². The third-order valence-electron chi connectivity index (χ3n) is 3.43. The molecule has 27 heavy (non-hydrogen) atoms. The Morgan fingerprint density at radius 1 is 0.852 bits per heavy atom. The summed E-state index contributed by atoms with van der Waals surface area (Å²) >= 11 is 0. The lowest BCUT2D eigenvalue weighted by Crippen LogP contribution is -2.18. The van der Waals surface area contributed by atoms with Gasteiger partial charge in [-0.25, -0.2) is 0 Å². The van der Waals surface area contributed by atoms with Crippen LogP contribution in [-0.2, 0) is 10.2 Å². The minimum atomic E-state index is -0.324. The molecule has 0 amide bonds. The van der Waals surface area contributed by atoms with E-state index in [1.54, 1.807) is 24.3 Å². The highest BCUT2D eigenvalue weighted by Gasteiger charge is 2.23. The zero-order valence-corrected chi connectivity index (χ0v) is 18.6. The Labute approximate surface area is 166 Å². The number of carbonyl (C=O) groups excluding carboxylic acids is 1. The molecular weight excluding hydrogens is 336 g/mol. The summed E-state index contributed by atoms with van der Waals surface area (Å²) in [7, 11) is 0. The molecule has 1 N–H and O–H groups in total. The predicted molar refractivity (Wildman–Crippen MR) is 117 cm³/mol. The molecule has 152 valence electrons. The lowest BCUT2D eigenvalue weighted by atomic mass is 9.78. The van der Waals surface area contributed by atoms with E-state index in [0.29, 0.717) is 5.75 Å². The number of phenolic OH excluding ortho intramolecular Hbond substituents is 1. The summed E-state index contributed by atoms with van der Waals surface area (Å²) in [5.41, 5.74) is 2.03. The van der Waals surface area contributed by atoms with E-state index in [2.05, 4.69) is 27.7 Å². The van der Waals surface area contributed by atoms with Gasteiger partial charge in [-0.1, -0.05) is 86.1 Å². The number of phenols is 1. The average molecular weight is 375 g/mol. The van der Waals surface area contributed by atoms with Gasteiger partial charge < -0.3 is 9.84 Å². The third kappa shape index (κ3) is 9.83. The van der Waals surface area contributed by atoms with Crippen LogP contribution in [0.4, 0.5) is 0 Å². The molecule has 0 aliphatic carbocycles. The molecule has 0 saturated carbocycles. The van der Waals surface area contributed by atoms with Gasteiger partial charge in [0.2, 0.25) is 0 Å². The number of esters is 1. The van der Waals surface area contributed by atoms with Crippen LogP contribution in [-0.4, -0.2) is 11.1 Å². The molecule has 0 unspecified atom stereocenters. The number of rotatable bonds is 3. The molecule has 0 heterocycles. The van der Waals surface area contributed by atoms with E-state index in [-0.39, 0.29) is 17.1 Å². The molecule has 0 atom stereocenters. The number of hydrogen-bond acceptors (Lipinski definition) is 3. The van der Waals surface area contributed by atoms with Gasteiger partial charge in [-0.15, -0.1) is 0 Å². The highest BCUT2D eigenvalue weighted by atomic mass is 16.5. The minimum Gasteiger partial charge on any atom is -0.508 e. The quantitative estimate of drug-likeness (QED) is 0.460. The van der Waals surface area contributed by atoms with Crippen molar-refractivity contribution >= 4 is 5.97 Å². The van der Waals surface area contributed by atoms with Crippen molar-refractivity contribution in [2.75, 3.05) is 0 Å². The Balaban J connectivity index is 0. The van der Waals surface area contributed by atoms with E-state index < -0.39 is 0 Å². The summed E-state index contributed by atoms with van der Waals surface area (Å²) in [6.07, 6.45) is 1.25. The zero-order valence-electron chi connectivity index (χ0n) is 18.6. The molecule has 0 radical (unpaired) electrons. The maximum absolute atomic E-state index is 10.9. The Hall–Kier alpha value is -2.29. The summed E-state index contributed by atoms with van der Waals surface area (Å²) < 4.78 is 5.03. The Kier molecular flexibility index (Phi) is 14.8. The maximum atomic E-state index is 10.9. The number of carbonyl (C=O) groups is 1. The van der Waals surface area contributed by atoms with E-state index in [4.69, 9.17) is 4.74 Å². The lowest BCUT2D eigenvalue weighted by Gasteiger charge is -2.26. The first-order valence-corrected chi connectivity index (χ1v) is 9.89. The van der Waals surface area contributed by atoms with Gasteiger partial charge in [0.25, 0.3) is 0 Å². The molecule has 2 aromatic carbocycles. The molecule has 0 spiro atoms. The number of aromatic hydroxyl groups is 1. The van der Waals surface area contributed by atoms with Crippen LogP contribution in [0.3, 0.4) is 0 Å². The largest absolute Gasteiger partial charge is 0.508 e. The Morgan fingerprint density at radius 2 is 1.19 bits per heavy atom. The second-order valence-electron chi connectivity index (χ2n) is 6.00. The second kappa shape index (κ2) is 14.8. The molecular formula is C24H38O3. The van der Waals surface area contributed by atoms with Crippen LogP contribution >= 0.6 is 0 Å². The van der Waals surface area contributed by atoms with Crippen LogP contribution < -0.4 is 4.74 Å². The van der Waals surface area contributed by atoms with Crippen molar-refractivity contribution in [3.63, 3.8) is 0 Å². The van der Waals surface area contributed by atoms with Gasteiger partial charge >= 0.3 is 5.97 Å². The maximum Gasteiger partial charge on any atom is 0.308 e. The molecule has 0 aromatic heterocycles. The molecule has 3 heteroatoms. The van der Waals surface area contributed by atoms with Crippen LogP contribution in [0.2, 0.25) is 0 Å². The molecule has 3 nitrogen and oxygen atoms in total. The normalized spacial score (nSPS) is 9.37. The van der Waals surface area contributed by atoms with Crippen molar-refractivity contribution in [2.45, 2.75) is 74.1 Å². The fourth-order valence-corrected chi connectivity index (χ4v) is 2.15. The second-order valence-corrected chi connectivity index (χ2v) is 6.00. The van der Waals surface area contributed by atoms with Gasteiger partial charge in [0, 0.05) is 12.3 Å². The third-order valence-corrected chi connectivity index (χ3v) is 3.43. The first-order chi connectivity index (χ1) is 12.8. The standard InChI is InChI=1S/C17H18O3.C3H8.2C2H6/c1-12(18)20-16-10-6-14(7-11-16)17(2,3)13-4-8-15(19)9-5-13;1-3-2;2*1-2/h4-11,19H,1-3H3;3H2,1-2H3;2*1-2H3. The fraction of sp³-hybridized carbons (Fsp3) is 0.458.